The van der Waals surface area contributed by atoms with Crippen molar-refractivity contribution in [2.24, 2.45) is 0 Å². The van der Waals surface area contributed by atoms with Crippen LogP contribution in [0, 0.1) is 34.0 Å². The Hall–Kier alpha value is -8.55. The van der Waals surface area contributed by atoms with E-state index in [2.05, 4.69) is 91.1 Å². The maximum Gasteiger partial charge on any atom is 0.100 e. The fourth-order valence-electron chi connectivity index (χ4n) is 6.63. The highest BCUT2D eigenvalue weighted by atomic mass is 14.3. The number of nitriles is 3. The van der Waals surface area contributed by atoms with Crippen molar-refractivity contribution in [3.63, 3.8) is 0 Å². The summed E-state index contributed by atoms with van der Waals surface area (Å²) in [6.45, 7) is 0. The van der Waals surface area contributed by atoms with Gasteiger partial charge in [-0.1, -0.05) is 237 Å². The molecule has 7 aromatic rings. The standard InChI is InChI=1S/C57H39N3/c58-40-55-52(37-34-49-28-22-46(23-29-49)19-16-43-10-4-1-5-11-43)56(41-59)54(39-36-51-32-26-48(27-33-51)21-18-45-14-8-3-9-15-45)57(42-60)53(55)38-35-50-30-24-47(25-31-50)20-17-44-12-6-2-7-13-44/h1-39H/b19-16+,20-17+,21-18+,37-34+,38-35+,39-36+. The molecule has 0 N–H and O–H groups in total. The molecule has 0 atom stereocenters. The van der Waals surface area contributed by atoms with Crippen LogP contribution in [0.5, 0.6) is 0 Å². The molecule has 0 heterocycles. The van der Waals surface area contributed by atoms with Gasteiger partial charge in [-0.25, -0.2) is 0 Å². The van der Waals surface area contributed by atoms with E-state index in [-0.39, 0.29) is 16.7 Å². The molecular formula is C57H39N3. The smallest absolute Gasteiger partial charge is 0.100 e. The number of hydrogen-bond donors (Lipinski definition) is 0. The summed E-state index contributed by atoms with van der Waals surface area (Å²) in [5.41, 5.74) is 11.3. The second-order valence-corrected chi connectivity index (χ2v) is 13.9. The van der Waals surface area contributed by atoms with E-state index < -0.39 is 0 Å². The van der Waals surface area contributed by atoms with Crippen LogP contribution in [0.4, 0.5) is 0 Å². The van der Waals surface area contributed by atoms with Gasteiger partial charge >= 0.3 is 0 Å². The minimum absolute atomic E-state index is 0.257. The average Bonchev–Trinajstić information content (AvgIpc) is 3.31. The highest BCUT2D eigenvalue weighted by molar-refractivity contribution is 5.90. The van der Waals surface area contributed by atoms with E-state index in [0.717, 1.165) is 50.1 Å². The van der Waals surface area contributed by atoms with Crippen LogP contribution in [-0.4, -0.2) is 0 Å². The predicted octanol–water partition coefficient (Wildman–Crippen LogP) is 14.3. The van der Waals surface area contributed by atoms with Crippen LogP contribution >= 0.6 is 0 Å². The Balaban J connectivity index is 1.24. The lowest BCUT2D eigenvalue weighted by Gasteiger charge is -2.13. The van der Waals surface area contributed by atoms with Gasteiger partial charge in [-0.15, -0.1) is 0 Å². The van der Waals surface area contributed by atoms with Crippen molar-refractivity contribution in [3.8, 4) is 18.2 Å². The maximum atomic E-state index is 10.7. The Morgan fingerprint density at radius 1 is 0.217 bits per heavy atom. The van der Waals surface area contributed by atoms with Crippen LogP contribution in [-0.2, 0) is 0 Å². The minimum Gasteiger partial charge on any atom is -0.192 e. The van der Waals surface area contributed by atoms with Gasteiger partial charge in [0.25, 0.3) is 0 Å². The number of rotatable bonds is 12. The van der Waals surface area contributed by atoms with Crippen LogP contribution in [0.2, 0.25) is 0 Å². The fourth-order valence-corrected chi connectivity index (χ4v) is 6.63. The normalized spacial score (nSPS) is 11.6. The molecule has 3 heteroatoms. The predicted molar refractivity (Wildman–Crippen MR) is 253 cm³/mol. The van der Waals surface area contributed by atoms with Gasteiger partial charge in [0.15, 0.2) is 0 Å². The lowest BCUT2D eigenvalue weighted by molar-refractivity contribution is 1.37. The summed E-state index contributed by atoms with van der Waals surface area (Å²) in [6.07, 6.45) is 23.5. The second-order valence-electron chi connectivity index (χ2n) is 13.9. The molecule has 0 saturated heterocycles. The summed E-state index contributed by atoms with van der Waals surface area (Å²) < 4.78 is 0. The zero-order valence-corrected chi connectivity index (χ0v) is 32.9. The molecule has 0 amide bonds. The van der Waals surface area contributed by atoms with Crippen LogP contribution in [0.3, 0.4) is 0 Å². The number of benzene rings is 7. The monoisotopic (exact) mass is 765 g/mol. The molecule has 0 radical (unpaired) electrons. The molecule has 0 aliphatic rings. The molecule has 0 aliphatic carbocycles. The van der Waals surface area contributed by atoms with Crippen molar-refractivity contribution in [2.75, 3.05) is 0 Å². The summed E-state index contributed by atoms with van der Waals surface area (Å²) in [4.78, 5) is 0. The molecule has 0 spiro atoms. The third-order valence-corrected chi connectivity index (χ3v) is 9.89. The van der Waals surface area contributed by atoms with Crippen molar-refractivity contribution in [3.05, 3.63) is 247 Å². The third-order valence-electron chi connectivity index (χ3n) is 9.89. The number of hydrogen-bond acceptors (Lipinski definition) is 3. The first-order valence-corrected chi connectivity index (χ1v) is 19.6. The maximum absolute atomic E-state index is 10.7. The number of nitrogens with zero attached hydrogens (tertiary/aromatic N) is 3. The second kappa shape index (κ2) is 20.0. The van der Waals surface area contributed by atoms with Crippen LogP contribution in [0.15, 0.2) is 164 Å². The summed E-state index contributed by atoms with van der Waals surface area (Å²) in [7, 11) is 0. The van der Waals surface area contributed by atoms with Crippen molar-refractivity contribution < 1.29 is 0 Å². The van der Waals surface area contributed by atoms with Crippen molar-refractivity contribution in [2.45, 2.75) is 0 Å². The van der Waals surface area contributed by atoms with Gasteiger partial charge in [0, 0.05) is 16.7 Å². The zero-order chi connectivity index (χ0) is 41.4. The van der Waals surface area contributed by atoms with E-state index in [4.69, 9.17) is 0 Å². The molecule has 0 aromatic heterocycles. The Kier molecular flexibility index (Phi) is 13.3. The first kappa shape index (κ1) is 39.7. The molecule has 282 valence electrons. The topological polar surface area (TPSA) is 71.4 Å². The van der Waals surface area contributed by atoms with Gasteiger partial charge in [0.05, 0.1) is 16.7 Å². The van der Waals surface area contributed by atoms with Gasteiger partial charge < -0.3 is 0 Å². The molecule has 0 aliphatic heterocycles. The first-order chi connectivity index (χ1) is 29.6. The van der Waals surface area contributed by atoms with Gasteiger partial charge in [-0.2, -0.15) is 15.8 Å². The van der Waals surface area contributed by atoms with E-state index in [1.54, 1.807) is 0 Å². The van der Waals surface area contributed by atoms with Gasteiger partial charge in [0.1, 0.15) is 18.2 Å². The largest absolute Gasteiger partial charge is 0.192 e. The Morgan fingerprint density at radius 2 is 0.383 bits per heavy atom. The van der Waals surface area contributed by atoms with Crippen LogP contribution in [0.25, 0.3) is 72.9 Å². The zero-order valence-electron chi connectivity index (χ0n) is 32.9. The summed E-state index contributed by atoms with van der Waals surface area (Å²) in [6, 6.07) is 61.6. The lowest BCUT2D eigenvalue weighted by Crippen LogP contribution is -2.02. The highest BCUT2D eigenvalue weighted by Gasteiger charge is 2.21. The Bertz CT molecular complexity index is 2530. The molecule has 0 fully saturated rings. The van der Waals surface area contributed by atoms with Crippen LogP contribution < -0.4 is 0 Å². The molecular weight excluding hydrogens is 727 g/mol. The third kappa shape index (κ3) is 10.4. The van der Waals surface area contributed by atoms with E-state index in [9.17, 15) is 15.8 Å². The molecule has 3 nitrogen and oxygen atoms in total. The minimum atomic E-state index is 0.257. The Morgan fingerprint density at radius 3 is 0.567 bits per heavy atom. The summed E-state index contributed by atoms with van der Waals surface area (Å²) in [5, 5.41) is 32.0. The van der Waals surface area contributed by atoms with E-state index in [0.29, 0.717) is 16.7 Å². The molecule has 0 bridgehead atoms. The first-order valence-electron chi connectivity index (χ1n) is 19.6. The summed E-state index contributed by atoms with van der Waals surface area (Å²) >= 11 is 0. The van der Waals surface area contributed by atoms with E-state index >= 15 is 0 Å². The van der Waals surface area contributed by atoms with Crippen molar-refractivity contribution in [1.29, 1.82) is 15.8 Å². The molecule has 7 rings (SSSR count). The van der Waals surface area contributed by atoms with Gasteiger partial charge in [-0.3, -0.25) is 0 Å². The quantitative estimate of drug-likeness (QED) is 0.116. The highest BCUT2D eigenvalue weighted by Crippen LogP contribution is 2.32. The molecule has 0 unspecified atom stereocenters. The van der Waals surface area contributed by atoms with Crippen LogP contribution in [0.1, 0.15) is 83.5 Å². The molecule has 0 saturated carbocycles. The lowest BCUT2D eigenvalue weighted by atomic mass is 9.86. The molecule has 60 heavy (non-hydrogen) atoms. The van der Waals surface area contributed by atoms with Crippen molar-refractivity contribution >= 4 is 72.9 Å². The SMILES string of the molecule is N#Cc1c(/C=C/c2ccc(/C=C/c3ccccc3)cc2)c(C#N)c(/C=C/c2ccc(/C=C/c3ccccc3)cc2)c(C#N)c1/C=C/c1ccc(/C=C/c2ccccc2)cc1. The summed E-state index contributed by atoms with van der Waals surface area (Å²) in [5.74, 6) is 0. The van der Waals surface area contributed by atoms with Crippen molar-refractivity contribution in [1.82, 2.24) is 0 Å². The van der Waals surface area contributed by atoms with E-state index in [1.807, 2.05) is 164 Å². The average molecular weight is 766 g/mol. The van der Waals surface area contributed by atoms with Gasteiger partial charge in [-0.05, 0) is 50.1 Å². The van der Waals surface area contributed by atoms with E-state index in [1.165, 1.54) is 0 Å². The molecule has 7 aromatic carbocycles. The fraction of sp³-hybridized carbons (Fsp3) is 0. The Labute approximate surface area is 352 Å². The van der Waals surface area contributed by atoms with Gasteiger partial charge in [0.2, 0.25) is 0 Å².